The Hall–Kier alpha value is -1.30. The van der Waals surface area contributed by atoms with Crippen LogP contribution in [0.15, 0.2) is 0 Å². The fraction of sp³-hybridized carbons (Fsp3) is 0.778. The molecule has 0 aliphatic heterocycles. The van der Waals surface area contributed by atoms with Gasteiger partial charge in [0.05, 0.1) is 6.61 Å². The number of nitrogens with zero attached hydrogens (tertiary/aromatic N) is 1. The van der Waals surface area contributed by atoms with E-state index in [1.54, 1.807) is 7.11 Å². The molecular formula is C9H18N2O4. The Balaban J connectivity index is 3.77. The van der Waals surface area contributed by atoms with Crippen LogP contribution in [-0.4, -0.2) is 55.9 Å². The van der Waals surface area contributed by atoms with Crippen molar-refractivity contribution < 1.29 is 19.4 Å². The van der Waals surface area contributed by atoms with Crippen molar-refractivity contribution in [1.29, 1.82) is 0 Å². The van der Waals surface area contributed by atoms with Crippen LogP contribution >= 0.6 is 0 Å². The molecule has 0 bridgehead atoms. The lowest BCUT2D eigenvalue weighted by Gasteiger charge is -2.17. The Bertz CT molecular complexity index is 220. The van der Waals surface area contributed by atoms with Crippen LogP contribution in [0.3, 0.4) is 0 Å². The number of urea groups is 1. The van der Waals surface area contributed by atoms with Crippen LogP contribution in [0.2, 0.25) is 0 Å². The minimum atomic E-state index is -1.03. The zero-order valence-electron chi connectivity index (χ0n) is 9.32. The van der Waals surface area contributed by atoms with Crippen molar-refractivity contribution >= 4 is 12.0 Å². The number of amides is 2. The molecule has 0 aromatic heterocycles. The normalized spacial score (nSPS) is 11.9. The number of carbonyl (C=O) groups is 2. The second kappa shape index (κ2) is 7.05. The lowest BCUT2D eigenvalue weighted by molar-refractivity contribution is -0.137. The zero-order chi connectivity index (χ0) is 11.8. The van der Waals surface area contributed by atoms with Gasteiger partial charge in [-0.3, -0.25) is 4.79 Å². The van der Waals surface area contributed by atoms with Gasteiger partial charge in [-0.05, 0) is 5.92 Å². The van der Waals surface area contributed by atoms with Gasteiger partial charge in [0.1, 0.15) is 6.54 Å². The quantitative estimate of drug-likeness (QED) is 0.657. The molecule has 0 aliphatic rings. The van der Waals surface area contributed by atoms with Gasteiger partial charge in [-0.2, -0.15) is 0 Å². The first-order valence-electron chi connectivity index (χ1n) is 4.67. The van der Waals surface area contributed by atoms with E-state index < -0.39 is 5.97 Å². The number of hydrogen-bond donors (Lipinski definition) is 2. The van der Waals surface area contributed by atoms with Crippen LogP contribution in [0.5, 0.6) is 0 Å². The van der Waals surface area contributed by atoms with E-state index in [4.69, 9.17) is 9.84 Å². The van der Waals surface area contributed by atoms with Crippen molar-refractivity contribution in [2.75, 3.05) is 33.9 Å². The second-order valence-electron chi connectivity index (χ2n) is 3.50. The van der Waals surface area contributed by atoms with E-state index in [2.05, 4.69) is 5.32 Å². The standard InChI is InChI=1S/C9H18N2O4/c1-7(6-15-3)4-10-9(14)11(2)5-8(12)13/h7H,4-6H2,1-3H3,(H,10,14)(H,12,13). The second-order valence-corrected chi connectivity index (χ2v) is 3.50. The minimum absolute atomic E-state index is 0.206. The fourth-order valence-electron chi connectivity index (χ4n) is 1.01. The number of carboxylic acids is 1. The molecular weight excluding hydrogens is 200 g/mol. The number of likely N-dealkylation sites (N-methyl/N-ethyl adjacent to an activating group) is 1. The van der Waals surface area contributed by atoms with E-state index in [1.807, 2.05) is 6.92 Å². The predicted octanol–water partition coefficient (Wildman–Crippen LogP) is -0.00510. The largest absolute Gasteiger partial charge is 0.480 e. The van der Waals surface area contributed by atoms with Crippen molar-refractivity contribution in [3.05, 3.63) is 0 Å². The number of carbonyl (C=O) groups excluding carboxylic acids is 1. The first-order chi connectivity index (χ1) is 6.97. The molecule has 0 aromatic rings. The molecule has 6 nitrogen and oxygen atoms in total. The van der Waals surface area contributed by atoms with E-state index in [0.29, 0.717) is 13.2 Å². The fourth-order valence-corrected chi connectivity index (χ4v) is 1.01. The van der Waals surface area contributed by atoms with E-state index >= 15 is 0 Å². The Morgan fingerprint density at radius 3 is 2.60 bits per heavy atom. The molecule has 1 atom stereocenters. The van der Waals surface area contributed by atoms with Crippen molar-refractivity contribution in [2.45, 2.75) is 6.92 Å². The number of hydrogen-bond acceptors (Lipinski definition) is 3. The molecule has 2 amide bonds. The molecule has 0 spiro atoms. The summed E-state index contributed by atoms with van der Waals surface area (Å²) >= 11 is 0. The van der Waals surface area contributed by atoms with Crippen LogP contribution < -0.4 is 5.32 Å². The molecule has 0 rings (SSSR count). The molecule has 0 saturated carbocycles. The van der Waals surface area contributed by atoms with Crippen molar-refractivity contribution in [3.8, 4) is 0 Å². The van der Waals surface area contributed by atoms with Gasteiger partial charge in [0.2, 0.25) is 0 Å². The first kappa shape index (κ1) is 13.7. The van der Waals surface area contributed by atoms with E-state index in [1.165, 1.54) is 7.05 Å². The lowest BCUT2D eigenvalue weighted by Crippen LogP contribution is -2.42. The predicted molar refractivity (Wildman–Crippen MR) is 54.7 cm³/mol. The Morgan fingerprint density at radius 1 is 1.53 bits per heavy atom. The van der Waals surface area contributed by atoms with Gasteiger partial charge in [0.25, 0.3) is 0 Å². The number of carboxylic acid groups (broad SMARTS) is 1. The smallest absolute Gasteiger partial charge is 0.323 e. The van der Waals surface area contributed by atoms with Gasteiger partial charge < -0.3 is 20.1 Å². The molecule has 0 aliphatic carbocycles. The Kier molecular flexibility index (Phi) is 6.44. The average Bonchev–Trinajstić information content (AvgIpc) is 2.13. The summed E-state index contributed by atoms with van der Waals surface area (Å²) in [6.07, 6.45) is 0. The van der Waals surface area contributed by atoms with Crippen LogP contribution in [-0.2, 0) is 9.53 Å². The van der Waals surface area contributed by atoms with Gasteiger partial charge in [-0.1, -0.05) is 6.92 Å². The molecule has 0 fully saturated rings. The summed E-state index contributed by atoms with van der Waals surface area (Å²) in [6, 6.07) is -0.389. The number of nitrogens with one attached hydrogen (secondary N) is 1. The number of ether oxygens (including phenoxy) is 1. The highest BCUT2D eigenvalue weighted by atomic mass is 16.5. The molecule has 6 heteroatoms. The van der Waals surface area contributed by atoms with Gasteiger partial charge in [-0.15, -0.1) is 0 Å². The third kappa shape index (κ3) is 6.73. The molecule has 2 N–H and O–H groups in total. The summed E-state index contributed by atoms with van der Waals surface area (Å²) in [5.41, 5.74) is 0. The summed E-state index contributed by atoms with van der Waals surface area (Å²) in [5.74, 6) is -0.824. The minimum Gasteiger partial charge on any atom is -0.480 e. The monoisotopic (exact) mass is 218 g/mol. The van der Waals surface area contributed by atoms with Crippen LogP contribution in [0, 0.1) is 5.92 Å². The highest BCUT2D eigenvalue weighted by Gasteiger charge is 2.12. The third-order valence-electron chi connectivity index (χ3n) is 1.77. The molecule has 88 valence electrons. The van der Waals surface area contributed by atoms with Crippen molar-refractivity contribution in [2.24, 2.45) is 5.92 Å². The van der Waals surface area contributed by atoms with Gasteiger partial charge in [-0.25, -0.2) is 4.79 Å². The average molecular weight is 218 g/mol. The molecule has 1 unspecified atom stereocenters. The van der Waals surface area contributed by atoms with Gasteiger partial charge in [0, 0.05) is 20.7 Å². The highest BCUT2D eigenvalue weighted by molar-refractivity contribution is 5.79. The Morgan fingerprint density at radius 2 is 2.13 bits per heavy atom. The summed E-state index contributed by atoms with van der Waals surface area (Å²) in [5, 5.41) is 11.1. The summed E-state index contributed by atoms with van der Waals surface area (Å²) in [6.45, 7) is 2.66. The van der Waals surface area contributed by atoms with Crippen LogP contribution in [0.25, 0.3) is 0 Å². The summed E-state index contributed by atoms with van der Waals surface area (Å²) in [7, 11) is 3.03. The molecule has 0 saturated heterocycles. The molecule has 15 heavy (non-hydrogen) atoms. The highest BCUT2D eigenvalue weighted by Crippen LogP contribution is 1.93. The first-order valence-corrected chi connectivity index (χ1v) is 4.67. The van der Waals surface area contributed by atoms with Crippen LogP contribution in [0.4, 0.5) is 4.79 Å². The SMILES string of the molecule is COCC(C)CNC(=O)N(C)CC(=O)O. The Labute approximate surface area is 89.2 Å². The number of aliphatic carboxylic acids is 1. The zero-order valence-corrected chi connectivity index (χ0v) is 9.32. The van der Waals surface area contributed by atoms with Crippen molar-refractivity contribution in [3.63, 3.8) is 0 Å². The molecule has 0 aromatic carbocycles. The maximum atomic E-state index is 11.3. The molecule has 0 radical (unpaired) electrons. The van der Waals surface area contributed by atoms with E-state index in [0.717, 1.165) is 4.90 Å². The van der Waals surface area contributed by atoms with Gasteiger partial charge in [0.15, 0.2) is 0 Å². The summed E-state index contributed by atoms with van der Waals surface area (Å²) < 4.78 is 4.90. The third-order valence-corrected chi connectivity index (χ3v) is 1.77. The summed E-state index contributed by atoms with van der Waals surface area (Å²) in [4.78, 5) is 22.7. The van der Waals surface area contributed by atoms with Crippen LogP contribution in [0.1, 0.15) is 6.92 Å². The van der Waals surface area contributed by atoms with E-state index in [-0.39, 0.29) is 18.5 Å². The van der Waals surface area contributed by atoms with E-state index in [9.17, 15) is 9.59 Å². The number of methoxy groups -OCH3 is 1. The maximum Gasteiger partial charge on any atom is 0.323 e. The lowest BCUT2D eigenvalue weighted by atomic mass is 10.2. The topological polar surface area (TPSA) is 78.9 Å². The maximum absolute atomic E-state index is 11.3. The van der Waals surface area contributed by atoms with Gasteiger partial charge >= 0.3 is 12.0 Å². The number of rotatable bonds is 6. The molecule has 0 heterocycles. The van der Waals surface area contributed by atoms with Crippen molar-refractivity contribution in [1.82, 2.24) is 10.2 Å².